The number of para-hydroxylation sites is 1. The fourth-order valence-electron chi connectivity index (χ4n) is 7.85. The Morgan fingerprint density at radius 3 is 1.30 bits per heavy atom. The van der Waals surface area contributed by atoms with E-state index < -0.39 is 0 Å². The molecule has 0 saturated carbocycles. The summed E-state index contributed by atoms with van der Waals surface area (Å²) in [6.45, 7) is 0. The lowest BCUT2D eigenvalue weighted by Crippen LogP contribution is -1.96. The number of pyridine rings is 4. The summed E-state index contributed by atoms with van der Waals surface area (Å²) in [7, 11) is 0. The summed E-state index contributed by atoms with van der Waals surface area (Å²) < 4.78 is 0. The minimum atomic E-state index is 0.794. The molecular formula is C50H30N4. The number of rotatable bonds is 4. The lowest BCUT2D eigenvalue weighted by molar-refractivity contribution is 1.25. The molecular weight excluding hydrogens is 657 g/mol. The highest BCUT2D eigenvalue weighted by Crippen LogP contribution is 2.38. The maximum atomic E-state index is 5.28. The molecule has 4 nitrogen and oxygen atoms in total. The van der Waals surface area contributed by atoms with Crippen molar-refractivity contribution in [2.24, 2.45) is 0 Å². The van der Waals surface area contributed by atoms with E-state index in [4.69, 9.17) is 19.9 Å². The number of fused-ring (bicyclic) bond motifs is 6. The largest absolute Gasteiger partial charge is 0.248 e. The maximum Gasteiger partial charge on any atom is 0.0900 e. The fourth-order valence-corrected chi connectivity index (χ4v) is 7.85. The van der Waals surface area contributed by atoms with E-state index in [1.165, 1.54) is 10.8 Å². The predicted octanol–water partition coefficient (Wildman–Crippen LogP) is 12.9. The predicted molar refractivity (Wildman–Crippen MR) is 224 cm³/mol. The van der Waals surface area contributed by atoms with Gasteiger partial charge in [0.1, 0.15) is 0 Å². The van der Waals surface area contributed by atoms with Gasteiger partial charge in [0.25, 0.3) is 0 Å². The number of nitrogens with zero attached hydrogens (tertiary/aromatic N) is 4. The number of benzene rings is 7. The van der Waals surface area contributed by atoms with E-state index in [2.05, 4.69) is 176 Å². The van der Waals surface area contributed by atoms with Gasteiger partial charge in [-0.15, -0.1) is 0 Å². The molecule has 0 fully saturated rings. The summed E-state index contributed by atoms with van der Waals surface area (Å²) in [4.78, 5) is 20.7. The molecule has 0 amide bonds. The van der Waals surface area contributed by atoms with Crippen LogP contribution in [0.4, 0.5) is 0 Å². The molecule has 11 rings (SSSR count). The zero-order chi connectivity index (χ0) is 35.6. The second kappa shape index (κ2) is 12.1. The van der Waals surface area contributed by atoms with Gasteiger partial charge >= 0.3 is 0 Å². The average Bonchev–Trinajstić information content (AvgIpc) is 3.23. The molecule has 4 aromatic heterocycles. The second-order valence-corrected chi connectivity index (χ2v) is 13.9. The molecule has 54 heavy (non-hydrogen) atoms. The highest BCUT2D eigenvalue weighted by molar-refractivity contribution is 6.06. The van der Waals surface area contributed by atoms with Crippen LogP contribution in [0.15, 0.2) is 182 Å². The first-order chi connectivity index (χ1) is 26.7. The lowest BCUT2D eigenvalue weighted by Gasteiger charge is -2.15. The van der Waals surface area contributed by atoms with Crippen LogP contribution < -0.4 is 0 Å². The van der Waals surface area contributed by atoms with E-state index >= 15 is 0 Å². The SMILES string of the molecule is c1ccc2cc3nc(-c4cc(-c5ccc(-c6ccc7ccccc7n6)c6ccccc56)cc(-c5ccc6cc7ccccc7cc6n5)n4)ccc3cc2c1. The zero-order valence-corrected chi connectivity index (χ0v) is 29.1. The van der Waals surface area contributed by atoms with Crippen molar-refractivity contribution < 1.29 is 0 Å². The number of hydrogen-bond acceptors (Lipinski definition) is 4. The molecule has 0 atom stereocenters. The van der Waals surface area contributed by atoms with Crippen LogP contribution in [0.3, 0.4) is 0 Å². The van der Waals surface area contributed by atoms with Gasteiger partial charge in [-0.2, -0.15) is 0 Å². The molecule has 250 valence electrons. The number of aromatic nitrogens is 4. The molecule has 0 spiro atoms. The topological polar surface area (TPSA) is 51.6 Å². The molecule has 4 heteroatoms. The summed E-state index contributed by atoms with van der Waals surface area (Å²) in [5.74, 6) is 0. The molecule has 0 aliphatic rings. The van der Waals surface area contributed by atoms with Crippen molar-refractivity contribution in [3.63, 3.8) is 0 Å². The van der Waals surface area contributed by atoms with Crippen molar-refractivity contribution in [2.45, 2.75) is 0 Å². The zero-order valence-electron chi connectivity index (χ0n) is 29.1. The summed E-state index contributed by atoms with van der Waals surface area (Å²) in [5.41, 5.74) is 10.3. The summed E-state index contributed by atoms with van der Waals surface area (Å²) >= 11 is 0. The van der Waals surface area contributed by atoms with Crippen LogP contribution >= 0.6 is 0 Å². The van der Waals surface area contributed by atoms with Crippen LogP contribution in [0, 0.1) is 0 Å². The summed E-state index contributed by atoms with van der Waals surface area (Å²) in [6.07, 6.45) is 0. The molecule has 0 aliphatic carbocycles. The molecule has 0 N–H and O–H groups in total. The van der Waals surface area contributed by atoms with Crippen molar-refractivity contribution in [1.29, 1.82) is 0 Å². The Kier molecular flexibility index (Phi) is 6.82. The minimum Gasteiger partial charge on any atom is -0.248 e. The van der Waals surface area contributed by atoms with E-state index in [0.29, 0.717) is 0 Å². The van der Waals surface area contributed by atoms with Crippen LogP contribution in [0.2, 0.25) is 0 Å². The smallest absolute Gasteiger partial charge is 0.0900 e. The molecule has 0 aliphatic heterocycles. The van der Waals surface area contributed by atoms with Gasteiger partial charge in [-0.3, -0.25) is 0 Å². The first-order valence-electron chi connectivity index (χ1n) is 18.2. The van der Waals surface area contributed by atoms with Crippen molar-refractivity contribution in [3.05, 3.63) is 182 Å². The third kappa shape index (κ3) is 5.15. The van der Waals surface area contributed by atoms with Gasteiger partial charge in [-0.25, -0.2) is 19.9 Å². The van der Waals surface area contributed by atoms with Crippen molar-refractivity contribution in [1.82, 2.24) is 19.9 Å². The van der Waals surface area contributed by atoms with E-state index in [1.807, 2.05) is 6.07 Å². The van der Waals surface area contributed by atoms with Crippen LogP contribution in [0.5, 0.6) is 0 Å². The van der Waals surface area contributed by atoms with Crippen LogP contribution in [-0.2, 0) is 0 Å². The average molecular weight is 687 g/mol. The molecule has 11 aromatic rings. The molecule has 4 heterocycles. The molecule has 0 saturated heterocycles. The van der Waals surface area contributed by atoms with Gasteiger partial charge in [0, 0.05) is 21.7 Å². The quantitative estimate of drug-likeness (QED) is 0.173. The Morgan fingerprint density at radius 1 is 0.241 bits per heavy atom. The van der Waals surface area contributed by atoms with Crippen LogP contribution in [-0.4, -0.2) is 19.9 Å². The first-order valence-corrected chi connectivity index (χ1v) is 18.2. The maximum absolute atomic E-state index is 5.28. The first kappa shape index (κ1) is 30.3. The Bertz CT molecular complexity index is 3160. The van der Waals surface area contributed by atoms with Gasteiger partial charge in [0.2, 0.25) is 0 Å². The van der Waals surface area contributed by atoms with Crippen LogP contribution in [0.1, 0.15) is 0 Å². The van der Waals surface area contributed by atoms with Crippen LogP contribution in [0.25, 0.3) is 110 Å². The second-order valence-electron chi connectivity index (χ2n) is 13.9. The molecule has 0 bridgehead atoms. The monoisotopic (exact) mass is 686 g/mol. The summed E-state index contributed by atoms with van der Waals surface area (Å²) in [5, 5.41) is 10.3. The molecule has 0 radical (unpaired) electrons. The standard InChI is InChI=1S/C50H30N4/c1-3-12-34-27-47-36(25-32(34)10-1)18-23-45(52-47)49-29-38(30-50(54-49)46-24-19-37-26-33-11-2-4-13-35(33)28-48(37)53-46)39-20-21-42(41-15-7-6-14-40(39)41)44-22-17-31-9-5-8-16-43(31)51-44/h1-30H. The van der Waals surface area contributed by atoms with Gasteiger partial charge < -0.3 is 0 Å². The van der Waals surface area contributed by atoms with Gasteiger partial charge in [0.15, 0.2) is 0 Å². The Morgan fingerprint density at radius 2 is 0.685 bits per heavy atom. The molecule has 0 unspecified atom stereocenters. The Labute approximate surface area is 311 Å². The summed E-state index contributed by atoms with van der Waals surface area (Å²) in [6, 6.07) is 64.0. The van der Waals surface area contributed by atoms with Gasteiger partial charge in [-0.05, 0) is 104 Å². The van der Waals surface area contributed by atoms with E-state index in [1.54, 1.807) is 0 Å². The van der Waals surface area contributed by atoms with E-state index in [0.717, 1.165) is 99.4 Å². The fraction of sp³-hybridized carbons (Fsp3) is 0. The highest BCUT2D eigenvalue weighted by atomic mass is 14.8. The van der Waals surface area contributed by atoms with Crippen molar-refractivity contribution >= 4 is 65.0 Å². The van der Waals surface area contributed by atoms with Crippen molar-refractivity contribution in [3.8, 4) is 45.2 Å². The Balaban J connectivity index is 1.12. The van der Waals surface area contributed by atoms with Gasteiger partial charge in [0.05, 0.1) is 45.0 Å². The molecule has 7 aromatic carbocycles. The lowest BCUT2D eigenvalue weighted by atomic mass is 9.92. The number of hydrogen-bond donors (Lipinski definition) is 0. The minimum absolute atomic E-state index is 0.794. The highest BCUT2D eigenvalue weighted by Gasteiger charge is 2.16. The normalized spacial score (nSPS) is 11.7. The van der Waals surface area contributed by atoms with Gasteiger partial charge in [-0.1, -0.05) is 121 Å². The third-order valence-electron chi connectivity index (χ3n) is 10.6. The van der Waals surface area contributed by atoms with E-state index in [9.17, 15) is 0 Å². The third-order valence-corrected chi connectivity index (χ3v) is 10.6. The Hall–Kier alpha value is -7.30. The van der Waals surface area contributed by atoms with Crippen molar-refractivity contribution in [2.75, 3.05) is 0 Å². The van der Waals surface area contributed by atoms with E-state index in [-0.39, 0.29) is 0 Å².